The average Bonchev–Trinajstić information content (AvgIpc) is 2.74. The van der Waals surface area contributed by atoms with Gasteiger partial charge in [-0.25, -0.2) is 0 Å². The maximum absolute atomic E-state index is 13.2. The number of hydrogen-bond acceptors (Lipinski definition) is 3. The van der Waals surface area contributed by atoms with Crippen LogP contribution in [0.15, 0.2) is 48.5 Å². The van der Waals surface area contributed by atoms with Gasteiger partial charge in [-0.2, -0.15) is 0 Å². The van der Waals surface area contributed by atoms with Crippen molar-refractivity contribution >= 4 is 23.4 Å². The Hall–Kier alpha value is -2.53. The highest BCUT2D eigenvalue weighted by Crippen LogP contribution is 2.23. The number of nitrogens with zero attached hydrogens (tertiary/aromatic N) is 1. The normalized spacial score (nSPS) is 12.7. The Balaban J connectivity index is 2.24. The summed E-state index contributed by atoms with van der Waals surface area (Å²) in [5.74, 6) is 0.0383. The lowest BCUT2D eigenvalue weighted by Gasteiger charge is -2.31. The first kappa shape index (κ1) is 23.7. The van der Waals surface area contributed by atoms with E-state index in [1.807, 2.05) is 52.0 Å². The molecule has 6 heteroatoms. The summed E-state index contributed by atoms with van der Waals surface area (Å²) in [5, 5.41) is 3.45. The summed E-state index contributed by atoms with van der Waals surface area (Å²) in [6.45, 7) is 8.02. The van der Waals surface area contributed by atoms with Crippen LogP contribution >= 0.6 is 11.6 Å². The van der Waals surface area contributed by atoms with Gasteiger partial charge in [0.2, 0.25) is 5.91 Å². The maximum Gasteiger partial charge on any atom is 0.261 e. The number of aryl methyl sites for hydroxylation is 1. The molecular weight excluding hydrogens is 400 g/mol. The smallest absolute Gasteiger partial charge is 0.261 e. The molecule has 0 bridgehead atoms. The number of ether oxygens (including phenoxy) is 1. The average molecular weight is 431 g/mol. The maximum atomic E-state index is 13.2. The number of amides is 2. The molecule has 1 N–H and O–H groups in total. The highest BCUT2D eigenvalue weighted by Gasteiger charge is 2.29. The van der Waals surface area contributed by atoms with E-state index in [9.17, 15) is 9.59 Å². The van der Waals surface area contributed by atoms with Crippen molar-refractivity contribution in [2.75, 3.05) is 6.61 Å². The van der Waals surface area contributed by atoms with E-state index in [-0.39, 0.29) is 24.5 Å². The number of carbonyl (C=O) groups is 2. The van der Waals surface area contributed by atoms with Gasteiger partial charge in [-0.05, 0) is 49.9 Å². The summed E-state index contributed by atoms with van der Waals surface area (Å²) in [4.78, 5) is 27.7. The van der Waals surface area contributed by atoms with Gasteiger partial charge in [0.1, 0.15) is 11.8 Å². The summed E-state index contributed by atoms with van der Waals surface area (Å²) in [6, 6.07) is 14.3. The van der Waals surface area contributed by atoms with Crippen LogP contribution < -0.4 is 10.1 Å². The van der Waals surface area contributed by atoms with Crippen LogP contribution in [0.2, 0.25) is 5.02 Å². The summed E-state index contributed by atoms with van der Waals surface area (Å²) in [5.41, 5.74) is 2.07. The molecule has 0 fully saturated rings. The van der Waals surface area contributed by atoms with Crippen molar-refractivity contribution in [1.29, 1.82) is 0 Å². The second-order valence-electron chi connectivity index (χ2n) is 7.41. The lowest BCUT2D eigenvalue weighted by Crippen LogP contribution is -2.51. The van der Waals surface area contributed by atoms with E-state index in [0.717, 1.165) is 17.5 Å². The molecule has 0 spiro atoms. The molecule has 0 radical (unpaired) electrons. The van der Waals surface area contributed by atoms with E-state index in [0.29, 0.717) is 23.7 Å². The predicted octanol–water partition coefficient (Wildman–Crippen LogP) is 4.75. The number of halogens is 1. The molecule has 0 saturated carbocycles. The lowest BCUT2D eigenvalue weighted by atomic mass is 10.1. The van der Waals surface area contributed by atoms with Crippen LogP contribution in [0.5, 0.6) is 5.75 Å². The third kappa shape index (κ3) is 6.49. The van der Waals surface area contributed by atoms with Gasteiger partial charge in [0.05, 0.1) is 5.02 Å². The summed E-state index contributed by atoms with van der Waals surface area (Å²) >= 11 is 6.14. The van der Waals surface area contributed by atoms with Gasteiger partial charge in [0, 0.05) is 12.6 Å². The zero-order valence-electron chi connectivity index (χ0n) is 18.2. The molecule has 30 heavy (non-hydrogen) atoms. The van der Waals surface area contributed by atoms with Gasteiger partial charge >= 0.3 is 0 Å². The molecule has 5 nitrogen and oxygen atoms in total. The van der Waals surface area contributed by atoms with Gasteiger partial charge in [0.15, 0.2) is 6.61 Å². The minimum atomic E-state index is -0.582. The minimum absolute atomic E-state index is 0.0429. The quantitative estimate of drug-likeness (QED) is 0.591. The number of carbonyl (C=O) groups excluding carboxylic acids is 2. The molecule has 2 amide bonds. The van der Waals surface area contributed by atoms with Crippen molar-refractivity contribution < 1.29 is 14.3 Å². The molecule has 0 aliphatic heterocycles. The van der Waals surface area contributed by atoms with E-state index in [2.05, 4.69) is 5.32 Å². The number of benzene rings is 2. The van der Waals surface area contributed by atoms with Crippen molar-refractivity contribution in [1.82, 2.24) is 10.2 Å². The van der Waals surface area contributed by atoms with Crippen molar-refractivity contribution in [3.63, 3.8) is 0 Å². The second-order valence-corrected chi connectivity index (χ2v) is 7.82. The first-order valence-corrected chi connectivity index (χ1v) is 10.8. The Morgan fingerprint density at radius 3 is 2.37 bits per heavy atom. The van der Waals surface area contributed by atoms with E-state index in [1.54, 1.807) is 29.2 Å². The van der Waals surface area contributed by atoms with E-state index in [1.165, 1.54) is 0 Å². The number of hydrogen-bond donors (Lipinski definition) is 1. The van der Waals surface area contributed by atoms with Crippen molar-refractivity contribution in [3.05, 3.63) is 64.7 Å². The summed E-state index contributed by atoms with van der Waals surface area (Å²) in [6.07, 6.45) is 1.33. The Kier molecular flexibility index (Phi) is 9.18. The highest BCUT2D eigenvalue weighted by molar-refractivity contribution is 6.32. The highest BCUT2D eigenvalue weighted by atomic mass is 35.5. The van der Waals surface area contributed by atoms with E-state index in [4.69, 9.17) is 16.3 Å². The molecule has 0 saturated heterocycles. The Morgan fingerprint density at radius 2 is 1.73 bits per heavy atom. The number of para-hydroxylation sites is 1. The molecular formula is C24H31ClN2O3. The molecule has 0 aromatic heterocycles. The van der Waals surface area contributed by atoms with Gasteiger partial charge < -0.3 is 15.0 Å². The van der Waals surface area contributed by atoms with Gasteiger partial charge in [0.25, 0.3) is 5.91 Å². The minimum Gasteiger partial charge on any atom is -0.482 e. The molecule has 2 rings (SSSR count). The molecule has 0 unspecified atom stereocenters. The van der Waals surface area contributed by atoms with Gasteiger partial charge in [-0.15, -0.1) is 0 Å². The molecule has 2 aromatic rings. The second kappa shape index (κ2) is 11.6. The van der Waals surface area contributed by atoms with Crippen LogP contribution in [0.4, 0.5) is 0 Å². The zero-order chi connectivity index (χ0) is 22.1. The van der Waals surface area contributed by atoms with Crippen LogP contribution in [-0.4, -0.2) is 35.4 Å². The standard InChI is InChI=1S/C24H31ClN2O3/c1-5-18(4)26-24(29)21(6-2)27(15-19-12-8-7-11-17(19)3)23(28)16-30-22-14-10-9-13-20(22)25/h7-14,18,21H,5-6,15-16H2,1-4H3,(H,26,29)/t18-,21-/m1/s1. The van der Waals surface area contributed by atoms with Crippen LogP contribution in [0.3, 0.4) is 0 Å². The molecule has 0 heterocycles. The Bertz CT molecular complexity index is 856. The van der Waals surface area contributed by atoms with Crippen LogP contribution in [0.1, 0.15) is 44.7 Å². The fraction of sp³-hybridized carbons (Fsp3) is 0.417. The first-order chi connectivity index (χ1) is 14.4. The number of nitrogens with one attached hydrogen (secondary N) is 1. The molecule has 2 atom stereocenters. The summed E-state index contributed by atoms with van der Waals surface area (Å²) in [7, 11) is 0. The van der Waals surface area contributed by atoms with Crippen LogP contribution in [0, 0.1) is 6.92 Å². The van der Waals surface area contributed by atoms with Crippen LogP contribution in [-0.2, 0) is 16.1 Å². The lowest BCUT2D eigenvalue weighted by molar-refractivity contribution is -0.143. The third-order valence-corrected chi connectivity index (χ3v) is 5.49. The van der Waals surface area contributed by atoms with Gasteiger partial charge in [-0.1, -0.05) is 61.8 Å². The molecule has 0 aliphatic rings. The topological polar surface area (TPSA) is 58.6 Å². The monoisotopic (exact) mass is 430 g/mol. The number of rotatable bonds is 10. The van der Waals surface area contributed by atoms with Crippen molar-refractivity contribution in [2.24, 2.45) is 0 Å². The molecule has 0 aliphatic carbocycles. The van der Waals surface area contributed by atoms with E-state index >= 15 is 0 Å². The third-order valence-electron chi connectivity index (χ3n) is 5.18. The van der Waals surface area contributed by atoms with Crippen LogP contribution in [0.25, 0.3) is 0 Å². The van der Waals surface area contributed by atoms with Crippen molar-refractivity contribution in [2.45, 2.75) is 59.2 Å². The largest absolute Gasteiger partial charge is 0.482 e. The predicted molar refractivity (Wildman–Crippen MR) is 121 cm³/mol. The molecule has 162 valence electrons. The zero-order valence-corrected chi connectivity index (χ0v) is 18.9. The SMILES string of the molecule is CC[C@@H](C)NC(=O)[C@@H](CC)N(Cc1ccccc1C)C(=O)COc1ccccc1Cl. The first-order valence-electron chi connectivity index (χ1n) is 10.4. The fourth-order valence-electron chi connectivity index (χ4n) is 3.12. The Morgan fingerprint density at radius 1 is 1.07 bits per heavy atom. The van der Waals surface area contributed by atoms with Gasteiger partial charge in [-0.3, -0.25) is 9.59 Å². The molecule has 2 aromatic carbocycles. The van der Waals surface area contributed by atoms with E-state index < -0.39 is 6.04 Å². The summed E-state index contributed by atoms with van der Waals surface area (Å²) < 4.78 is 5.67. The van der Waals surface area contributed by atoms with Crippen molar-refractivity contribution in [3.8, 4) is 5.75 Å². The fourth-order valence-corrected chi connectivity index (χ4v) is 3.31. The Labute approximate surface area is 184 Å².